The number of hydrogen-bond acceptors (Lipinski definition) is 46. The lowest BCUT2D eigenvalue weighted by atomic mass is 10.1. The van der Waals surface area contributed by atoms with Crippen LogP contribution in [0, 0.1) is 41.5 Å². The molecule has 28 atom stereocenters. The van der Waals surface area contributed by atoms with Gasteiger partial charge in [0.1, 0.15) is 128 Å². The highest BCUT2D eigenvalue weighted by molar-refractivity contribution is 8.46. The van der Waals surface area contributed by atoms with E-state index < -0.39 is 304 Å². The zero-order chi connectivity index (χ0) is 104. The molecule has 7 saturated heterocycles. The van der Waals surface area contributed by atoms with Gasteiger partial charge in [0.2, 0.25) is 5.95 Å². The van der Waals surface area contributed by atoms with Crippen LogP contribution in [0.25, 0.3) is 11.2 Å². The average Bonchev–Trinajstić information content (AvgIpc) is 1.62. The van der Waals surface area contributed by atoms with Crippen LogP contribution in [0.3, 0.4) is 0 Å². The Hall–Kier alpha value is -6.55. The number of ether oxygens (including phenoxy) is 7. The van der Waals surface area contributed by atoms with Crippen molar-refractivity contribution in [2.24, 2.45) is 0 Å². The quantitative estimate of drug-likeness (QED) is 0.0165. The van der Waals surface area contributed by atoms with E-state index in [0.717, 1.165) is 46.9 Å². The van der Waals surface area contributed by atoms with E-state index in [1.807, 2.05) is 0 Å². The lowest BCUT2D eigenvalue weighted by Crippen LogP contribution is -2.33. The number of thiol groups is 7. The third-order valence-corrected chi connectivity index (χ3v) is 35.4. The summed E-state index contributed by atoms with van der Waals surface area (Å²) in [5.74, 6) is -0.623. The summed E-state index contributed by atoms with van der Waals surface area (Å²) in [7, 11) is 1.04. The fraction of sp³-hybridized carbons (Fsp3) is 0.597. The van der Waals surface area contributed by atoms with E-state index in [1.165, 1.54) is 77.2 Å². The van der Waals surface area contributed by atoms with E-state index in [9.17, 15) is 84.7 Å². The number of nitrogens with zero attached hydrogens (tertiary/aromatic N) is 11. The Morgan fingerprint density at radius 1 is 0.326 bits per heavy atom. The first kappa shape index (κ1) is 112. The Labute approximate surface area is 846 Å². The number of imidazole rings is 1. The van der Waals surface area contributed by atoms with Gasteiger partial charge in [-0.1, -0.05) is 92.7 Å². The van der Waals surface area contributed by atoms with Crippen molar-refractivity contribution in [1.29, 1.82) is 0 Å². The van der Waals surface area contributed by atoms with Crippen LogP contribution in [-0.2, 0) is 128 Å². The van der Waals surface area contributed by atoms with Crippen LogP contribution in [0.2, 0.25) is 0 Å². The van der Waals surface area contributed by atoms with Gasteiger partial charge in [-0.15, -0.1) is 0 Å². The number of nitrogens with one attached hydrogen (secondary N) is 5. The number of anilines is 3. The Balaban J connectivity index is 0.635. The molecule has 0 aliphatic carbocycles. The van der Waals surface area contributed by atoms with Gasteiger partial charge in [-0.3, -0.25) is 140 Å². The zero-order valence-corrected chi connectivity index (χ0v) is 88.9. The van der Waals surface area contributed by atoms with Gasteiger partial charge in [0.05, 0.1) is 58.2 Å². The van der Waals surface area contributed by atoms with E-state index in [0.29, 0.717) is 0 Å². The average molecular weight is 2290 g/mol. The topological polar surface area (TPSA) is 744 Å². The largest absolute Gasteiger partial charge is 0.386 e. The summed E-state index contributed by atoms with van der Waals surface area (Å²) in [6, 6.07) is 0. The van der Waals surface area contributed by atoms with Crippen molar-refractivity contribution in [2.75, 3.05) is 64.0 Å². The van der Waals surface area contributed by atoms with E-state index >= 15 is 0 Å². The first-order valence-corrected chi connectivity index (χ1v) is 62.2. The second-order valence-corrected chi connectivity index (χ2v) is 54.1. The predicted octanol–water partition coefficient (Wildman–Crippen LogP) is 5.56. The molecule has 0 bridgehead atoms. The predicted molar refractivity (Wildman–Crippen MR) is 525 cm³/mol. The minimum absolute atomic E-state index is 0.000825. The molecular formula is C72H98N19O39P7S7. The molecular weight excluding hydrogens is 2200 g/mol. The molecule has 7 aliphatic rings. The lowest BCUT2D eigenvalue weighted by molar-refractivity contribution is -0.0542. The van der Waals surface area contributed by atoms with Gasteiger partial charge in [0, 0.05) is 123 Å². The van der Waals surface area contributed by atoms with Crippen LogP contribution in [0.1, 0.15) is 135 Å². The van der Waals surface area contributed by atoms with Gasteiger partial charge in [0.25, 0.3) is 27.8 Å². The van der Waals surface area contributed by atoms with Crippen LogP contribution in [0.4, 0.5) is 17.6 Å². The van der Waals surface area contributed by atoms with E-state index in [4.69, 9.17) is 114 Å². The second-order valence-electron chi connectivity index (χ2n) is 33.9. The molecule has 8 aromatic rings. The number of rotatable bonds is 41. The smallest absolute Gasteiger partial charge is 0.383 e. The number of hydrogen-bond donors (Lipinski definition) is 15. The molecule has 792 valence electrons. The molecule has 0 aromatic carbocycles. The summed E-state index contributed by atoms with van der Waals surface area (Å²) in [4.78, 5) is 170. The van der Waals surface area contributed by atoms with Crippen molar-refractivity contribution < 1.29 is 128 Å². The van der Waals surface area contributed by atoms with E-state index in [1.54, 1.807) is 6.92 Å². The summed E-state index contributed by atoms with van der Waals surface area (Å²) in [6.07, 6.45) is -22.5. The SMILES string of the molecule is CC[C@H]1O[C@@H](n2cc(C)c(=O)[nH]c2=O)CC1OP(=O)(S)OC[C@H]1O[C@@H](n2cnc3c(=O)[nH]c(N)nc32)CC1OP(=O)(S)OC[C@H]1O[C@@H](n2cc(C)c(N)nc2=O)CC1OP(=O)(S)OC[C@H]1O[C@@H](n2cc(C)c(=O)[nH]c2=O)CC1OP(=O)(S)OC[C@H]1O[C@@H](n2cc(C)c(N)nc2=O)CC1OP(=O)(S)OC[C@H]1O[C@@H](n2cc(C)c(=O)[nH]c2=O)CC1OP(=O)(S)OC[C@H]1O[C@@H](n2cc(C)c(=O)[nH]c2=O)CC1OP(=O)(S)OC. The number of H-pyrrole nitrogens is 5. The van der Waals surface area contributed by atoms with Crippen molar-refractivity contribution in [3.8, 4) is 0 Å². The molecule has 0 spiro atoms. The fourth-order valence-electron chi connectivity index (χ4n) is 16.5. The van der Waals surface area contributed by atoms with Crippen LogP contribution in [0.5, 0.6) is 0 Å². The van der Waals surface area contributed by atoms with E-state index in [-0.39, 0.29) is 87.8 Å². The highest BCUT2D eigenvalue weighted by Gasteiger charge is 2.53. The van der Waals surface area contributed by atoms with Crippen LogP contribution in [-0.4, -0.2) is 209 Å². The number of aryl methyl sites for hydroxylation is 6. The van der Waals surface area contributed by atoms with Crippen molar-refractivity contribution in [1.82, 2.24) is 76.8 Å². The molecule has 72 heteroatoms. The first-order chi connectivity index (χ1) is 67.5. The lowest BCUT2D eigenvalue weighted by Gasteiger charge is -2.27. The van der Waals surface area contributed by atoms with Crippen LogP contribution >= 0.6 is 133 Å². The number of fused-ring (bicyclic) bond motifs is 1. The molecule has 144 heavy (non-hydrogen) atoms. The van der Waals surface area contributed by atoms with Gasteiger partial charge < -0.3 is 54.9 Å². The summed E-state index contributed by atoms with van der Waals surface area (Å²) in [5.41, 5.74) is 9.43. The van der Waals surface area contributed by atoms with Gasteiger partial charge in [0.15, 0.2) is 11.2 Å². The number of aromatic amines is 5. The third kappa shape index (κ3) is 26.8. The summed E-state index contributed by atoms with van der Waals surface area (Å²) < 4.78 is 235. The Kier molecular flexibility index (Phi) is 34.7. The maximum Gasteiger partial charge on any atom is 0.386 e. The molecule has 0 amide bonds. The highest BCUT2D eigenvalue weighted by atomic mass is 32.7. The zero-order valence-electron chi connectivity index (χ0n) is 76.4. The summed E-state index contributed by atoms with van der Waals surface area (Å²) >= 11 is 29.7. The van der Waals surface area contributed by atoms with Crippen molar-refractivity contribution in [3.05, 3.63) is 192 Å². The van der Waals surface area contributed by atoms with E-state index in [2.05, 4.69) is 131 Å². The molecule has 7 fully saturated rings. The number of aromatic nitrogens is 16. The monoisotopic (exact) mass is 2290 g/mol. The number of nitrogens with two attached hydrogens (primary N) is 3. The Morgan fingerprint density at radius 3 is 0.812 bits per heavy atom. The molecule has 15 heterocycles. The molecule has 15 rings (SSSR count). The molecule has 14 unspecified atom stereocenters. The summed E-state index contributed by atoms with van der Waals surface area (Å²) in [5, 5.41) is 0. The minimum atomic E-state index is -4.96. The first-order valence-electron chi connectivity index (χ1n) is 43.3. The summed E-state index contributed by atoms with van der Waals surface area (Å²) in [6.45, 7) is -27.7. The molecule has 11 N–H and O–H groups in total. The fourth-order valence-corrected chi connectivity index (χ4v) is 26.6. The molecule has 8 aromatic heterocycles. The number of nitrogen functional groups attached to an aromatic ring is 3. The molecule has 0 radical (unpaired) electrons. The minimum Gasteiger partial charge on any atom is -0.383 e. The Bertz CT molecular complexity index is 7310. The van der Waals surface area contributed by atoms with Crippen molar-refractivity contribution in [3.63, 3.8) is 0 Å². The van der Waals surface area contributed by atoms with Gasteiger partial charge in [-0.25, -0.2) is 65.7 Å². The molecule has 7 aliphatic heterocycles. The van der Waals surface area contributed by atoms with Crippen LogP contribution < -0.4 is 79.1 Å². The van der Waals surface area contributed by atoms with Gasteiger partial charge >= 0.3 is 81.7 Å². The van der Waals surface area contributed by atoms with Crippen molar-refractivity contribution in [2.45, 2.75) is 229 Å². The van der Waals surface area contributed by atoms with Crippen LogP contribution in [0.15, 0.2) is 96.2 Å². The standard InChI is InChI=1S/C72H98N19O39P7S7/c1-9-36-37(10-50(117-36)87-19-32(4)61(92)81-69(87)99)125-132(104,139)111-28-49-43(16-56(123-49)91-29-76-57-60(91)79-66(75)80-65(57)96)130-137(109,144)116-25-46-40(13-52(120-46)86-18-31(3)59(74)78-68(86)98)127-135(107,142)115-27-48-42(15-55(122-48)90-22-35(7)64(95)84-72(90)102)129-136(108,143)113-24-45-39(12-51(119-45)85-17-30(2)58(73)77-67(85)97)126-134(106,141)114-26-47-41(14-54(121-47)89-21-34(6)63(94)83-71(89)101)128-133(105,140)112-23-44-38(124-131(103,138)110-8)11-53(118-44)88-20-33(5)62(93)82-70(88)100/h17-22,29,36-56H,9-16,23-28H2,1-8H3,(H,103,138)(H,104,139)(H,105,140)(H,106,141)(H,107,142)(H,108,143)(H,109,144)(H2,73,77,97)(H2,74,78,98)(H,81,92,99)(H,82,93,100)(H,83,94,101)(H,84,95,102)(H3,75,79,80,96)/t36-,37?,38?,39?,40?,41?,42?,43?,44-,45-,46-,47-,48-,49-,50-,51-,52-,53-,54-,55-,56-,131?,132?,133?,134?,135?,136?,137?/m1/s1. The molecule has 0 saturated carbocycles. The third-order valence-electron chi connectivity index (χ3n) is 23.7. The maximum atomic E-state index is 15.0. The normalized spacial score (nSPS) is 29.6. The van der Waals surface area contributed by atoms with Gasteiger partial charge in [-0.2, -0.15) is 15.0 Å². The highest BCUT2D eigenvalue weighted by Crippen LogP contribution is 2.65. The molecule has 58 nitrogen and oxygen atoms in total. The van der Waals surface area contributed by atoms with Crippen molar-refractivity contribution >= 4 is 162 Å². The second kappa shape index (κ2) is 44.8. The maximum absolute atomic E-state index is 15.0. The van der Waals surface area contributed by atoms with Gasteiger partial charge in [-0.05, 0) is 48.0 Å². The Morgan fingerprint density at radius 2 is 0.556 bits per heavy atom.